The summed E-state index contributed by atoms with van der Waals surface area (Å²) in [5.41, 5.74) is 3.86. The number of benzene rings is 3. The zero-order valence-electron chi connectivity index (χ0n) is 19.9. The monoisotopic (exact) mass is 480 g/mol. The van der Waals surface area contributed by atoms with Crippen molar-refractivity contribution in [2.45, 2.75) is 48.9 Å². The maximum absolute atomic E-state index is 6.49. The summed E-state index contributed by atoms with van der Waals surface area (Å²) in [4.78, 5) is 0. The zero-order valence-corrected chi connectivity index (χ0v) is 22.6. The van der Waals surface area contributed by atoms with E-state index in [9.17, 15) is 0 Å². The van der Waals surface area contributed by atoms with Crippen LogP contribution in [0.2, 0.25) is 18.1 Å². The van der Waals surface area contributed by atoms with Gasteiger partial charge in [0, 0.05) is 17.6 Å². The first kappa shape index (κ1) is 25.2. The van der Waals surface area contributed by atoms with Crippen LogP contribution in [0.1, 0.15) is 37.5 Å². The Kier molecular flexibility index (Phi) is 8.37. The molecule has 3 rings (SSSR count). The van der Waals surface area contributed by atoms with Gasteiger partial charge in [0.25, 0.3) is 0 Å². The number of hydrogen-bond donors (Lipinski definition) is 1. The number of hydrogen-bond acceptors (Lipinski definition) is 3. The van der Waals surface area contributed by atoms with Crippen molar-refractivity contribution in [1.82, 2.24) is 0 Å². The molecule has 170 valence electrons. The molecule has 3 aromatic carbocycles. The first-order chi connectivity index (χ1) is 15.2. The molecule has 0 aliphatic rings. The van der Waals surface area contributed by atoms with Gasteiger partial charge >= 0.3 is 0 Å². The van der Waals surface area contributed by atoms with Gasteiger partial charge in [-0.1, -0.05) is 112 Å². The van der Waals surface area contributed by atoms with Gasteiger partial charge in [0.15, 0.2) is 8.32 Å². The average Bonchev–Trinajstić information content (AvgIpc) is 2.79. The highest BCUT2D eigenvalue weighted by Crippen LogP contribution is 2.49. The van der Waals surface area contributed by atoms with Crippen molar-refractivity contribution < 1.29 is 4.43 Å². The summed E-state index contributed by atoms with van der Waals surface area (Å²) in [5, 5.41) is 0.361. The molecule has 0 heterocycles. The fourth-order valence-electron chi connectivity index (χ4n) is 3.56. The molecule has 1 atom stereocenters. The van der Waals surface area contributed by atoms with E-state index in [4.69, 9.17) is 17.1 Å². The van der Waals surface area contributed by atoms with Crippen LogP contribution < -0.4 is 0 Å². The molecule has 1 nitrogen and oxygen atoms in total. The minimum absolute atomic E-state index is 0.157. The zero-order chi connectivity index (χ0) is 23.2. The molecule has 3 aromatic rings. The summed E-state index contributed by atoms with van der Waals surface area (Å²) in [7, 11) is -1.79. The van der Waals surface area contributed by atoms with Crippen molar-refractivity contribution in [2.24, 2.45) is 0 Å². The maximum atomic E-state index is 6.49. The Labute approximate surface area is 205 Å². The number of rotatable bonds is 9. The Morgan fingerprint density at radius 3 is 1.47 bits per heavy atom. The summed E-state index contributed by atoms with van der Waals surface area (Å²) in [6.45, 7) is 12.2. The lowest BCUT2D eigenvalue weighted by Gasteiger charge is -2.38. The normalized spacial score (nSPS) is 13.7. The molecule has 0 fully saturated rings. The molecule has 0 bridgehead atoms. The second kappa shape index (κ2) is 10.6. The SMILES string of the molecule is CC(C)(C)[Si](C)(C)OCC(S)CSC(c1ccccc1)(c1ccccc1)c1ccccc1. The summed E-state index contributed by atoms with van der Waals surface area (Å²) in [6.07, 6.45) is 0. The van der Waals surface area contributed by atoms with Gasteiger partial charge in [-0.2, -0.15) is 12.6 Å². The third-order valence-corrected chi connectivity index (χ3v) is 13.3. The second-order valence-corrected chi connectivity index (χ2v) is 16.6. The molecule has 0 aliphatic carbocycles. The first-order valence-corrected chi connectivity index (χ1v) is 15.7. The van der Waals surface area contributed by atoms with E-state index >= 15 is 0 Å². The Morgan fingerprint density at radius 2 is 1.12 bits per heavy atom. The summed E-state index contributed by atoms with van der Waals surface area (Å²) < 4.78 is 6.18. The van der Waals surface area contributed by atoms with E-state index in [2.05, 4.69) is 125 Å². The fraction of sp³-hybridized carbons (Fsp3) is 0.357. The van der Waals surface area contributed by atoms with E-state index in [0.717, 1.165) is 5.75 Å². The topological polar surface area (TPSA) is 9.23 Å². The molecule has 0 N–H and O–H groups in total. The van der Waals surface area contributed by atoms with Gasteiger partial charge in [-0.05, 0) is 34.8 Å². The van der Waals surface area contributed by atoms with Crippen molar-refractivity contribution in [2.75, 3.05) is 12.4 Å². The van der Waals surface area contributed by atoms with Gasteiger partial charge in [-0.3, -0.25) is 0 Å². The molecular weight excluding hydrogens is 445 g/mol. The third-order valence-electron chi connectivity index (χ3n) is 6.48. The average molecular weight is 481 g/mol. The van der Waals surface area contributed by atoms with Gasteiger partial charge in [0.2, 0.25) is 0 Å². The quantitative estimate of drug-likeness (QED) is 0.188. The van der Waals surface area contributed by atoms with Crippen LogP contribution in [0.25, 0.3) is 0 Å². The van der Waals surface area contributed by atoms with Crippen molar-refractivity contribution >= 4 is 32.7 Å². The van der Waals surface area contributed by atoms with Crippen LogP contribution in [0.4, 0.5) is 0 Å². The highest BCUT2D eigenvalue weighted by molar-refractivity contribution is 8.01. The van der Waals surface area contributed by atoms with Gasteiger partial charge in [-0.25, -0.2) is 0 Å². The molecule has 0 spiro atoms. The van der Waals surface area contributed by atoms with E-state index in [1.54, 1.807) is 0 Å². The van der Waals surface area contributed by atoms with E-state index in [-0.39, 0.29) is 15.0 Å². The molecule has 0 aliphatic heterocycles. The van der Waals surface area contributed by atoms with Crippen molar-refractivity contribution in [1.29, 1.82) is 0 Å². The van der Waals surface area contributed by atoms with Crippen LogP contribution in [0.5, 0.6) is 0 Å². The van der Waals surface area contributed by atoms with Crippen molar-refractivity contribution in [3.8, 4) is 0 Å². The highest BCUT2D eigenvalue weighted by Gasteiger charge is 2.39. The Hall–Kier alpha value is -1.46. The summed E-state index contributed by atoms with van der Waals surface area (Å²) in [5.74, 6) is 0.885. The van der Waals surface area contributed by atoms with Crippen LogP contribution in [-0.2, 0) is 9.17 Å². The van der Waals surface area contributed by atoms with Crippen molar-refractivity contribution in [3.63, 3.8) is 0 Å². The van der Waals surface area contributed by atoms with Crippen molar-refractivity contribution in [3.05, 3.63) is 108 Å². The predicted octanol–water partition coefficient (Wildman–Crippen LogP) is 8.03. The predicted molar refractivity (Wildman–Crippen MR) is 148 cm³/mol. The lowest BCUT2D eigenvalue weighted by molar-refractivity contribution is 0.294. The Bertz CT molecular complexity index is 856. The lowest BCUT2D eigenvalue weighted by Crippen LogP contribution is -2.42. The lowest BCUT2D eigenvalue weighted by atomic mass is 9.84. The Balaban J connectivity index is 1.94. The van der Waals surface area contributed by atoms with Crippen LogP contribution in [0.3, 0.4) is 0 Å². The Morgan fingerprint density at radius 1 is 0.750 bits per heavy atom. The van der Waals surface area contributed by atoms with Crippen LogP contribution >= 0.6 is 24.4 Å². The molecule has 0 saturated carbocycles. The van der Waals surface area contributed by atoms with Gasteiger partial charge in [0.1, 0.15) is 0 Å². The molecule has 4 heteroatoms. The second-order valence-electron chi connectivity index (χ2n) is 9.82. The summed E-state index contributed by atoms with van der Waals surface area (Å²) >= 11 is 6.92. The fourth-order valence-corrected chi connectivity index (χ4v) is 6.50. The largest absolute Gasteiger partial charge is 0.416 e. The first-order valence-electron chi connectivity index (χ1n) is 11.3. The standard InChI is InChI=1S/C28H36OS2Si/c1-27(2,3)32(4,5)29-21-26(30)22-31-28(23-15-9-6-10-16-23,24-17-11-7-12-18-24)25-19-13-8-14-20-25/h6-20,26,30H,21-22H2,1-5H3. The van der Waals surface area contributed by atoms with E-state index in [0.29, 0.717) is 6.61 Å². The smallest absolute Gasteiger partial charge is 0.192 e. The van der Waals surface area contributed by atoms with Crippen LogP contribution in [-0.4, -0.2) is 25.9 Å². The molecule has 0 aromatic heterocycles. The van der Waals surface area contributed by atoms with E-state index in [1.165, 1.54) is 16.7 Å². The number of thiol groups is 1. The third kappa shape index (κ3) is 5.71. The molecule has 32 heavy (non-hydrogen) atoms. The van der Waals surface area contributed by atoms with Crippen LogP contribution in [0.15, 0.2) is 91.0 Å². The molecule has 0 amide bonds. The van der Waals surface area contributed by atoms with E-state index in [1.807, 2.05) is 11.8 Å². The van der Waals surface area contributed by atoms with Gasteiger partial charge < -0.3 is 4.43 Å². The minimum atomic E-state index is -1.79. The maximum Gasteiger partial charge on any atom is 0.192 e. The molecule has 0 radical (unpaired) electrons. The van der Waals surface area contributed by atoms with Gasteiger partial charge in [-0.15, -0.1) is 11.8 Å². The van der Waals surface area contributed by atoms with Gasteiger partial charge in [0.05, 0.1) is 4.75 Å². The highest BCUT2D eigenvalue weighted by atomic mass is 32.2. The molecular formula is C28H36OS2Si. The minimum Gasteiger partial charge on any atom is -0.416 e. The molecule has 0 saturated heterocycles. The molecule has 1 unspecified atom stereocenters. The van der Waals surface area contributed by atoms with Crippen LogP contribution in [0, 0.1) is 0 Å². The van der Waals surface area contributed by atoms with E-state index < -0.39 is 8.32 Å². The summed E-state index contributed by atoms with van der Waals surface area (Å²) in [6, 6.07) is 32.5. The number of thioether (sulfide) groups is 1.